The van der Waals surface area contributed by atoms with Crippen LogP contribution < -0.4 is 16.6 Å². The number of primary amides is 2. The molecule has 14 heteroatoms. The molecule has 0 bridgehead atoms. The maximum atomic E-state index is 12.1. The minimum Gasteiger partial charge on any atom is -0.412 e. The van der Waals surface area contributed by atoms with Crippen molar-refractivity contribution >= 4 is 57.4 Å². The minimum atomic E-state index is -3.93. The number of nitrogens with zero attached hydrogens (tertiary/aromatic N) is 1. The Bertz CT molecular complexity index is 1250. The average Bonchev–Trinajstić information content (AvgIpc) is 3.17. The lowest BCUT2D eigenvalue weighted by molar-refractivity contribution is 0.266. The summed E-state index contributed by atoms with van der Waals surface area (Å²) in [5.74, 6) is 0.341. The van der Waals surface area contributed by atoms with Gasteiger partial charge < -0.3 is 21.5 Å². The van der Waals surface area contributed by atoms with Crippen LogP contribution in [-0.2, 0) is 10.0 Å². The second-order valence-electron chi connectivity index (χ2n) is 6.52. The Morgan fingerprint density at radius 3 is 2.00 bits per heavy atom. The van der Waals surface area contributed by atoms with Crippen molar-refractivity contribution in [3.63, 3.8) is 0 Å². The molecule has 10 nitrogen and oxygen atoms in total. The maximum absolute atomic E-state index is 12.1. The number of aromatic nitrogens is 1. The van der Waals surface area contributed by atoms with Gasteiger partial charge in [-0.3, -0.25) is 9.59 Å². The summed E-state index contributed by atoms with van der Waals surface area (Å²) in [5, 5.41) is 8.91. The van der Waals surface area contributed by atoms with Crippen LogP contribution in [-0.4, -0.2) is 29.5 Å². The van der Waals surface area contributed by atoms with Crippen LogP contribution in [0.1, 0.15) is 26.0 Å². The van der Waals surface area contributed by atoms with Crippen LogP contribution in [0.15, 0.2) is 70.6 Å². The van der Waals surface area contributed by atoms with E-state index in [1.54, 1.807) is 48.5 Å². The molecule has 0 saturated heterocycles. The zero-order valence-electron chi connectivity index (χ0n) is 18.4. The highest BCUT2D eigenvalue weighted by Crippen LogP contribution is 2.40. The molecule has 0 fully saturated rings. The molecule has 1 atom stereocenters. The van der Waals surface area contributed by atoms with Crippen LogP contribution in [0.3, 0.4) is 0 Å². The summed E-state index contributed by atoms with van der Waals surface area (Å²) in [6, 6.07) is 13.6. The molecule has 0 aliphatic rings. The molecular formula is C22H29ClN4O6S3. The Labute approximate surface area is 226 Å². The lowest BCUT2D eigenvalue weighted by Gasteiger charge is -2.11. The molecule has 0 saturated carbocycles. The number of nitrogens with two attached hydrogens (primary N) is 3. The topological polar surface area (TPSA) is 204 Å². The molecule has 3 rings (SSSR count). The van der Waals surface area contributed by atoms with Crippen LogP contribution in [0.25, 0.3) is 22.4 Å². The standard InChI is InChI=1S/C19H17ClN2O3S.2CH3NOS.CH4.H2O/c1-3-12(2)19-17(15-6-4-5-7-16(15)26(21,23)24)18(22-25-19)13-8-10-14(20)11-9-13;2*2-1(3)4;;/h3-12H,1H2,2H3,(H2,21,23,24);2*(H3,2,3,4);1H4;1H2. The molecule has 1 aromatic heterocycles. The van der Waals surface area contributed by atoms with E-state index < -0.39 is 20.5 Å². The highest BCUT2D eigenvalue weighted by molar-refractivity contribution is 7.96. The van der Waals surface area contributed by atoms with Crippen molar-refractivity contribution in [1.29, 1.82) is 0 Å². The van der Waals surface area contributed by atoms with Crippen LogP contribution in [0.5, 0.6) is 0 Å². The summed E-state index contributed by atoms with van der Waals surface area (Å²) < 4.78 is 29.7. The summed E-state index contributed by atoms with van der Waals surface area (Å²) in [5.41, 5.74) is 10.9. The molecule has 36 heavy (non-hydrogen) atoms. The largest absolute Gasteiger partial charge is 0.412 e. The van der Waals surface area contributed by atoms with Gasteiger partial charge in [0.15, 0.2) is 5.76 Å². The Morgan fingerprint density at radius 1 is 1.08 bits per heavy atom. The Kier molecular flexibility index (Phi) is 15.7. The number of rotatable bonds is 5. The maximum Gasteiger partial charge on any atom is 0.273 e. The van der Waals surface area contributed by atoms with Crippen LogP contribution in [0, 0.1) is 0 Å². The van der Waals surface area contributed by atoms with Gasteiger partial charge in [0.1, 0.15) is 5.69 Å². The number of allylic oxidation sites excluding steroid dienone is 1. The van der Waals surface area contributed by atoms with Crippen LogP contribution >= 0.6 is 36.9 Å². The van der Waals surface area contributed by atoms with Crippen molar-refractivity contribution in [1.82, 2.24) is 5.16 Å². The molecule has 1 heterocycles. The minimum absolute atomic E-state index is 0. The zero-order valence-corrected chi connectivity index (χ0v) is 21.7. The SMILES string of the molecule is C.C=CC(C)c1onc(-c2ccc(Cl)cc2)c1-c1ccccc1S(N)(=O)=O.NC(=O)S.NC(=O)S.O. The van der Waals surface area contributed by atoms with Gasteiger partial charge in [-0.15, -0.1) is 6.58 Å². The van der Waals surface area contributed by atoms with Gasteiger partial charge in [0.05, 0.1) is 10.5 Å². The molecule has 8 N–H and O–H groups in total. The molecule has 1 unspecified atom stereocenters. The second kappa shape index (κ2) is 16.0. The zero-order chi connectivity index (χ0) is 26.1. The predicted octanol–water partition coefficient (Wildman–Crippen LogP) is 4.40. The molecule has 198 valence electrons. The number of primary sulfonamides is 1. The normalized spacial score (nSPS) is 10.6. The Morgan fingerprint density at radius 2 is 1.56 bits per heavy atom. The van der Waals surface area contributed by atoms with Gasteiger partial charge in [-0.2, -0.15) is 0 Å². The summed E-state index contributed by atoms with van der Waals surface area (Å²) in [7, 11) is -3.93. The highest BCUT2D eigenvalue weighted by atomic mass is 35.5. The van der Waals surface area contributed by atoms with Gasteiger partial charge in [-0.05, 0) is 18.2 Å². The number of carbonyl (C=O) groups excluding carboxylic acids is 2. The van der Waals surface area contributed by atoms with Crippen molar-refractivity contribution in [3.8, 4) is 22.4 Å². The van der Waals surface area contributed by atoms with E-state index in [1.165, 1.54) is 6.07 Å². The Hall–Kier alpha value is -2.81. The number of sulfonamides is 1. The number of halogens is 1. The number of thiol groups is 2. The van der Waals surface area contributed by atoms with Gasteiger partial charge in [0.25, 0.3) is 10.5 Å². The van der Waals surface area contributed by atoms with E-state index in [1.807, 2.05) is 6.92 Å². The summed E-state index contributed by atoms with van der Waals surface area (Å²) >= 11 is 12.2. The number of benzene rings is 2. The first kappa shape index (κ1) is 35.4. The summed E-state index contributed by atoms with van der Waals surface area (Å²) in [6.07, 6.45) is 1.70. The third-order valence-electron chi connectivity index (χ3n) is 4.07. The molecule has 0 radical (unpaired) electrons. The third-order valence-corrected chi connectivity index (χ3v) is 5.29. The third kappa shape index (κ3) is 10.8. The van der Waals surface area contributed by atoms with Gasteiger partial charge in [-0.1, -0.05) is 92.8 Å². The fraction of sp³-hybridized carbons (Fsp3) is 0.136. The first-order valence-corrected chi connectivity index (χ1v) is 12.1. The fourth-order valence-electron chi connectivity index (χ4n) is 2.71. The van der Waals surface area contributed by atoms with E-state index >= 15 is 0 Å². The number of amides is 2. The highest BCUT2D eigenvalue weighted by Gasteiger charge is 2.26. The van der Waals surface area contributed by atoms with Crippen molar-refractivity contribution in [2.75, 3.05) is 0 Å². The van der Waals surface area contributed by atoms with Crippen molar-refractivity contribution in [2.24, 2.45) is 16.6 Å². The van der Waals surface area contributed by atoms with Crippen LogP contribution in [0.2, 0.25) is 5.02 Å². The fourth-order valence-corrected chi connectivity index (χ4v) is 3.58. The molecule has 0 aliphatic heterocycles. The molecule has 0 spiro atoms. The van der Waals surface area contributed by atoms with Crippen molar-refractivity contribution < 1.29 is 28.0 Å². The second-order valence-corrected chi connectivity index (χ2v) is 9.37. The summed E-state index contributed by atoms with van der Waals surface area (Å²) in [6.45, 7) is 5.68. The number of hydrogen-bond donors (Lipinski definition) is 5. The first-order valence-electron chi connectivity index (χ1n) is 9.26. The van der Waals surface area contributed by atoms with E-state index in [4.69, 9.17) is 30.9 Å². The smallest absolute Gasteiger partial charge is 0.273 e. The molecule has 2 aromatic carbocycles. The van der Waals surface area contributed by atoms with Crippen molar-refractivity contribution in [2.45, 2.75) is 25.2 Å². The van der Waals surface area contributed by atoms with Crippen LogP contribution in [0.4, 0.5) is 9.59 Å². The van der Waals surface area contributed by atoms with Gasteiger partial charge >= 0.3 is 0 Å². The average molecular weight is 577 g/mol. The lowest BCUT2D eigenvalue weighted by Crippen LogP contribution is -2.13. The molecular weight excluding hydrogens is 548 g/mol. The van der Waals surface area contributed by atoms with Gasteiger partial charge in [0, 0.05) is 22.1 Å². The predicted molar refractivity (Wildman–Crippen MR) is 150 cm³/mol. The monoisotopic (exact) mass is 576 g/mol. The molecule has 0 aliphatic carbocycles. The van der Waals surface area contributed by atoms with Gasteiger partial charge in [0.2, 0.25) is 10.0 Å². The number of carbonyl (C=O) groups is 2. The summed E-state index contributed by atoms with van der Waals surface area (Å²) in [4.78, 5) is 18.2. The first-order chi connectivity index (χ1) is 15.8. The van der Waals surface area contributed by atoms with E-state index in [9.17, 15) is 8.42 Å². The van der Waals surface area contributed by atoms with E-state index in [0.717, 1.165) is 5.56 Å². The van der Waals surface area contributed by atoms with E-state index in [-0.39, 0.29) is 23.7 Å². The lowest BCUT2D eigenvalue weighted by atomic mass is 9.94. The molecule has 3 aromatic rings. The number of hydrogen-bond acceptors (Lipinski definition) is 6. The van der Waals surface area contributed by atoms with E-state index in [0.29, 0.717) is 27.6 Å². The van der Waals surface area contributed by atoms with Crippen molar-refractivity contribution in [3.05, 3.63) is 72.0 Å². The quantitative estimate of drug-likeness (QED) is 0.219. The Balaban J connectivity index is 0. The van der Waals surface area contributed by atoms with E-state index in [2.05, 4.69) is 48.5 Å². The van der Waals surface area contributed by atoms with Gasteiger partial charge in [-0.25, -0.2) is 13.6 Å². The molecule has 2 amide bonds.